The van der Waals surface area contributed by atoms with Gasteiger partial charge in [-0.25, -0.2) is 4.79 Å². The normalized spacial score (nSPS) is 18.4. The summed E-state index contributed by atoms with van der Waals surface area (Å²) in [5.41, 5.74) is 1.15. The quantitative estimate of drug-likeness (QED) is 0.857. The summed E-state index contributed by atoms with van der Waals surface area (Å²) >= 11 is 0. The van der Waals surface area contributed by atoms with E-state index in [4.69, 9.17) is 9.47 Å². The maximum absolute atomic E-state index is 12.0. The highest BCUT2D eigenvalue weighted by molar-refractivity contribution is 5.94. The molecule has 5 nitrogen and oxygen atoms in total. The number of benzene rings is 1. The summed E-state index contributed by atoms with van der Waals surface area (Å²) in [6.45, 7) is 3.32. The zero-order chi connectivity index (χ0) is 14.4. The number of carbonyl (C=O) groups is 2. The van der Waals surface area contributed by atoms with Crippen molar-refractivity contribution in [2.24, 2.45) is 5.92 Å². The third-order valence-electron chi connectivity index (χ3n) is 3.19. The highest BCUT2D eigenvalue weighted by Crippen LogP contribution is 2.17. The summed E-state index contributed by atoms with van der Waals surface area (Å²) in [5.74, 6) is -0.479. The van der Waals surface area contributed by atoms with Gasteiger partial charge in [0.2, 0.25) is 5.91 Å². The van der Waals surface area contributed by atoms with E-state index in [1.54, 1.807) is 31.2 Å². The summed E-state index contributed by atoms with van der Waals surface area (Å²) < 4.78 is 10.2. The number of carbonyl (C=O) groups excluding carboxylic acids is 2. The van der Waals surface area contributed by atoms with Gasteiger partial charge in [0, 0.05) is 12.3 Å². The van der Waals surface area contributed by atoms with E-state index in [0.717, 1.165) is 19.4 Å². The van der Waals surface area contributed by atoms with Crippen molar-refractivity contribution in [1.82, 2.24) is 0 Å². The van der Waals surface area contributed by atoms with Crippen molar-refractivity contribution in [1.29, 1.82) is 0 Å². The molecule has 108 valence electrons. The number of amides is 1. The van der Waals surface area contributed by atoms with Crippen LogP contribution in [0.2, 0.25) is 0 Å². The molecule has 1 fully saturated rings. The number of hydrogen-bond donors (Lipinski definition) is 1. The van der Waals surface area contributed by atoms with Gasteiger partial charge >= 0.3 is 5.97 Å². The lowest BCUT2D eigenvalue weighted by Gasteiger charge is -2.21. The number of nitrogens with one attached hydrogen (secondary N) is 1. The van der Waals surface area contributed by atoms with E-state index in [0.29, 0.717) is 24.5 Å². The van der Waals surface area contributed by atoms with E-state index >= 15 is 0 Å². The Morgan fingerprint density at radius 2 is 2.10 bits per heavy atom. The zero-order valence-corrected chi connectivity index (χ0v) is 11.6. The fourth-order valence-corrected chi connectivity index (χ4v) is 2.10. The first kappa shape index (κ1) is 14.5. The standard InChI is InChI=1S/C15H19NO4/c1-2-20-15(18)11-5-7-13(8-6-11)16-14(17)12-4-3-9-19-10-12/h5-8,12H,2-4,9-10H2,1H3,(H,16,17). The zero-order valence-electron chi connectivity index (χ0n) is 11.6. The molecule has 0 aromatic heterocycles. The van der Waals surface area contributed by atoms with Crippen molar-refractivity contribution in [2.45, 2.75) is 19.8 Å². The molecule has 1 aromatic rings. The van der Waals surface area contributed by atoms with Gasteiger partial charge in [-0.1, -0.05) is 0 Å². The van der Waals surface area contributed by atoms with Crippen LogP contribution in [-0.4, -0.2) is 31.7 Å². The van der Waals surface area contributed by atoms with Crippen molar-refractivity contribution >= 4 is 17.6 Å². The molecule has 5 heteroatoms. The van der Waals surface area contributed by atoms with Gasteiger partial charge in [-0.05, 0) is 44.0 Å². The van der Waals surface area contributed by atoms with Crippen LogP contribution < -0.4 is 5.32 Å². The van der Waals surface area contributed by atoms with Crippen LogP contribution in [0.15, 0.2) is 24.3 Å². The molecule has 1 N–H and O–H groups in total. The monoisotopic (exact) mass is 277 g/mol. The van der Waals surface area contributed by atoms with E-state index in [2.05, 4.69) is 5.32 Å². The first-order valence-electron chi connectivity index (χ1n) is 6.86. The van der Waals surface area contributed by atoms with Crippen LogP contribution in [0.3, 0.4) is 0 Å². The number of rotatable bonds is 4. The SMILES string of the molecule is CCOC(=O)c1ccc(NC(=O)C2CCCOC2)cc1. The molecule has 0 bridgehead atoms. The predicted octanol–water partition coefficient (Wildman–Crippen LogP) is 2.23. The van der Waals surface area contributed by atoms with Crippen molar-refractivity contribution in [3.05, 3.63) is 29.8 Å². The van der Waals surface area contributed by atoms with Crippen LogP contribution in [0.4, 0.5) is 5.69 Å². The first-order chi connectivity index (χ1) is 9.70. The van der Waals surface area contributed by atoms with Gasteiger partial charge in [0.1, 0.15) is 0 Å². The minimum absolute atomic E-state index is 0.0337. The summed E-state index contributed by atoms with van der Waals surface area (Å²) in [6.07, 6.45) is 1.77. The molecule has 1 atom stereocenters. The molecule has 1 aliphatic heterocycles. The Balaban J connectivity index is 1.92. The summed E-state index contributed by atoms with van der Waals surface area (Å²) in [4.78, 5) is 23.5. The Labute approximate surface area is 118 Å². The van der Waals surface area contributed by atoms with Crippen molar-refractivity contribution in [3.8, 4) is 0 Å². The van der Waals surface area contributed by atoms with Gasteiger partial charge < -0.3 is 14.8 Å². The van der Waals surface area contributed by atoms with Crippen LogP contribution in [0, 0.1) is 5.92 Å². The smallest absolute Gasteiger partial charge is 0.338 e. The molecule has 0 radical (unpaired) electrons. The molecule has 0 aliphatic carbocycles. The van der Waals surface area contributed by atoms with E-state index in [9.17, 15) is 9.59 Å². The summed E-state index contributed by atoms with van der Waals surface area (Å²) in [7, 11) is 0. The molecule has 1 aromatic carbocycles. The van der Waals surface area contributed by atoms with E-state index in [1.165, 1.54) is 0 Å². The molecule has 0 saturated carbocycles. The van der Waals surface area contributed by atoms with Gasteiger partial charge in [0.25, 0.3) is 0 Å². The molecule has 1 amide bonds. The van der Waals surface area contributed by atoms with E-state index in [-0.39, 0.29) is 17.8 Å². The average molecular weight is 277 g/mol. The largest absolute Gasteiger partial charge is 0.462 e. The van der Waals surface area contributed by atoms with Crippen LogP contribution in [0.1, 0.15) is 30.1 Å². The van der Waals surface area contributed by atoms with Gasteiger partial charge in [-0.15, -0.1) is 0 Å². The minimum Gasteiger partial charge on any atom is -0.462 e. The van der Waals surface area contributed by atoms with Gasteiger partial charge in [-0.3, -0.25) is 4.79 Å². The van der Waals surface area contributed by atoms with Gasteiger partial charge in [-0.2, -0.15) is 0 Å². The molecular weight excluding hydrogens is 258 g/mol. The average Bonchev–Trinajstić information content (AvgIpc) is 2.49. The molecule has 2 rings (SSSR count). The Morgan fingerprint density at radius 1 is 1.35 bits per heavy atom. The van der Waals surface area contributed by atoms with Gasteiger partial charge in [0.15, 0.2) is 0 Å². The number of esters is 1. The second-order valence-corrected chi connectivity index (χ2v) is 4.70. The molecule has 1 saturated heterocycles. The second kappa shape index (κ2) is 7.05. The summed E-state index contributed by atoms with van der Waals surface area (Å²) in [5, 5.41) is 2.84. The highest BCUT2D eigenvalue weighted by Gasteiger charge is 2.21. The van der Waals surface area contributed by atoms with Crippen LogP contribution in [0.5, 0.6) is 0 Å². The number of ether oxygens (including phenoxy) is 2. The lowest BCUT2D eigenvalue weighted by atomic mass is 10.0. The minimum atomic E-state index is -0.356. The number of hydrogen-bond acceptors (Lipinski definition) is 4. The third-order valence-corrected chi connectivity index (χ3v) is 3.19. The molecular formula is C15H19NO4. The van der Waals surface area contributed by atoms with Gasteiger partial charge in [0.05, 0.1) is 24.7 Å². The fraction of sp³-hybridized carbons (Fsp3) is 0.467. The van der Waals surface area contributed by atoms with Crippen molar-refractivity contribution < 1.29 is 19.1 Å². The first-order valence-corrected chi connectivity index (χ1v) is 6.86. The topological polar surface area (TPSA) is 64.6 Å². The molecule has 20 heavy (non-hydrogen) atoms. The lowest BCUT2D eigenvalue weighted by molar-refractivity contribution is -0.123. The second-order valence-electron chi connectivity index (χ2n) is 4.70. The van der Waals surface area contributed by atoms with Crippen LogP contribution in [-0.2, 0) is 14.3 Å². The predicted molar refractivity (Wildman–Crippen MR) is 74.6 cm³/mol. The Bertz CT molecular complexity index is 463. The Morgan fingerprint density at radius 3 is 2.70 bits per heavy atom. The molecule has 1 aliphatic rings. The number of anilines is 1. The summed E-state index contributed by atoms with van der Waals surface area (Å²) in [6, 6.07) is 6.69. The maximum atomic E-state index is 12.0. The van der Waals surface area contributed by atoms with E-state index in [1.807, 2.05) is 0 Å². The maximum Gasteiger partial charge on any atom is 0.338 e. The lowest BCUT2D eigenvalue weighted by Crippen LogP contribution is -2.30. The van der Waals surface area contributed by atoms with Crippen LogP contribution in [0.25, 0.3) is 0 Å². The Hall–Kier alpha value is -1.88. The molecule has 0 spiro atoms. The molecule has 1 unspecified atom stereocenters. The fourth-order valence-electron chi connectivity index (χ4n) is 2.10. The van der Waals surface area contributed by atoms with E-state index < -0.39 is 0 Å². The third kappa shape index (κ3) is 3.81. The molecule has 1 heterocycles. The highest BCUT2D eigenvalue weighted by atomic mass is 16.5. The van der Waals surface area contributed by atoms with Crippen molar-refractivity contribution in [3.63, 3.8) is 0 Å². The van der Waals surface area contributed by atoms with Crippen LogP contribution >= 0.6 is 0 Å². The Kier molecular flexibility index (Phi) is 5.12. The van der Waals surface area contributed by atoms with Crippen molar-refractivity contribution in [2.75, 3.05) is 25.1 Å².